The number of carbonyl (C=O) groups is 1. The number of hydrogen-bond acceptors (Lipinski definition) is 1. The molecule has 0 aromatic heterocycles. The third-order valence-corrected chi connectivity index (χ3v) is 1.87. The molecule has 1 aliphatic carbocycles. The van der Waals surface area contributed by atoms with Gasteiger partial charge in [0, 0.05) is 6.42 Å². The van der Waals surface area contributed by atoms with Gasteiger partial charge in [-0.3, -0.25) is 4.79 Å². The summed E-state index contributed by atoms with van der Waals surface area (Å²) in [6, 6.07) is 0. The first kappa shape index (κ1) is 7.26. The molecule has 10 heavy (non-hydrogen) atoms. The van der Waals surface area contributed by atoms with E-state index in [1.54, 1.807) is 6.08 Å². The van der Waals surface area contributed by atoms with Crippen molar-refractivity contribution in [2.75, 3.05) is 0 Å². The van der Waals surface area contributed by atoms with Crippen molar-refractivity contribution in [1.29, 1.82) is 0 Å². The zero-order chi connectivity index (χ0) is 7.56. The molecule has 0 aromatic rings. The van der Waals surface area contributed by atoms with E-state index in [1.807, 2.05) is 13.0 Å². The van der Waals surface area contributed by atoms with Crippen LogP contribution >= 0.6 is 0 Å². The Morgan fingerprint density at radius 1 is 1.80 bits per heavy atom. The average molecular weight is 136 g/mol. The van der Waals surface area contributed by atoms with Gasteiger partial charge in [0.25, 0.3) is 0 Å². The van der Waals surface area contributed by atoms with Gasteiger partial charge in [0.2, 0.25) is 0 Å². The Morgan fingerprint density at radius 2 is 2.50 bits per heavy atom. The first-order chi connectivity index (χ1) is 4.70. The van der Waals surface area contributed by atoms with Gasteiger partial charge >= 0.3 is 0 Å². The van der Waals surface area contributed by atoms with Crippen LogP contribution in [0.5, 0.6) is 0 Å². The highest BCUT2D eigenvalue weighted by Crippen LogP contribution is 2.21. The lowest BCUT2D eigenvalue weighted by Gasteiger charge is -2.15. The first-order valence-corrected chi connectivity index (χ1v) is 3.55. The molecule has 0 saturated heterocycles. The van der Waals surface area contributed by atoms with Crippen LogP contribution in [0.25, 0.3) is 0 Å². The summed E-state index contributed by atoms with van der Waals surface area (Å²) in [5, 5.41) is 0. The Kier molecular flexibility index (Phi) is 2.05. The Bertz CT molecular complexity index is 189. The third-order valence-electron chi connectivity index (χ3n) is 1.87. The standard InChI is InChI=1S/C9H12O/c1-7(2)8-4-3-5-9(10)6-8/h3,5,8H,1,4,6H2,2H3. The molecule has 0 aromatic carbocycles. The topological polar surface area (TPSA) is 17.1 Å². The monoisotopic (exact) mass is 136 g/mol. The smallest absolute Gasteiger partial charge is 0.155 e. The maximum Gasteiger partial charge on any atom is 0.155 e. The summed E-state index contributed by atoms with van der Waals surface area (Å²) < 4.78 is 0. The van der Waals surface area contributed by atoms with E-state index < -0.39 is 0 Å². The Labute approximate surface area is 61.4 Å². The minimum atomic E-state index is 0.235. The molecule has 0 radical (unpaired) electrons. The molecule has 1 rings (SSSR count). The molecule has 1 aliphatic rings. The van der Waals surface area contributed by atoms with Crippen LogP contribution in [0.3, 0.4) is 0 Å². The molecule has 1 nitrogen and oxygen atoms in total. The summed E-state index contributed by atoms with van der Waals surface area (Å²) in [4.78, 5) is 10.8. The van der Waals surface area contributed by atoms with Crippen molar-refractivity contribution >= 4 is 5.78 Å². The summed E-state index contributed by atoms with van der Waals surface area (Å²) in [6.07, 6.45) is 5.25. The van der Waals surface area contributed by atoms with E-state index in [2.05, 4.69) is 6.58 Å². The minimum Gasteiger partial charge on any atom is -0.295 e. The van der Waals surface area contributed by atoms with Crippen molar-refractivity contribution < 1.29 is 4.79 Å². The highest BCUT2D eigenvalue weighted by atomic mass is 16.1. The molecule has 54 valence electrons. The lowest BCUT2D eigenvalue weighted by atomic mass is 9.89. The number of rotatable bonds is 1. The summed E-state index contributed by atoms with van der Waals surface area (Å²) in [7, 11) is 0. The lowest BCUT2D eigenvalue weighted by molar-refractivity contribution is -0.115. The van der Waals surface area contributed by atoms with Crippen molar-refractivity contribution in [2.24, 2.45) is 5.92 Å². The molecule has 0 amide bonds. The summed E-state index contributed by atoms with van der Waals surface area (Å²) in [6.45, 7) is 5.81. The van der Waals surface area contributed by atoms with Gasteiger partial charge in [-0.15, -0.1) is 0 Å². The van der Waals surface area contributed by atoms with Gasteiger partial charge in [0.05, 0.1) is 0 Å². The summed E-state index contributed by atoms with van der Waals surface area (Å²) in [5.41, 5.74) is 1.12. The van der Waals surface area contributed by atoms with Crippen LogP contribution in [-0.4, -0.2) is 5.78 Å². The molecular weight excluding hydrogens is 124 g/mol. The van der Waals surface area contributed by atoms with Gasteiger partial charge in [0.1, 0.15) is 0 Å². The SMILES string of the molecule is C=C(C)C1CC=CC(=O)C1. The molecule has 0 bridgehead atoms. The van der Waals surface area contributed by atoms with E-state index in [1.165, 1.54) is 0 Å². The predicted molar refractivity (Wildman–Crippen MR) is 41.7 cm³/mol. The minimum absolute atomic E-state index is 0.235. The maximum absolute atomic E-state index is 10.8. The average Bonchev–Trinajstić information content (AvgIpc) is 1.88. The van der Waals surface area contributed by atoms with Crippen molar-refractivity contribution in [3.63, 3.8) is 0 Å². The molecule has 0 fully saturated rings. The fraction of sp³-hybridized carbons (Fsp3) is 0.444. The second kappa shape index (κ2) is 2.82. The normalized spacial score (nSPS) is 24.9. The number of hydrogen-bond donors (Lipinski definition) is 0. The van der Waals surface area contributed by atoms with Crippen molar-refractivity contribution in [3.8, 4) is 0 Å². The fourth-order valence-electron chi connectivity index (χ4n) is 1.13. The maximum atomic E-state index is 10.8. The Morgan fingerprint density at radius 3 is 2.90 bits per heavy atom. The summed E-state index contributed by atoms with van der Waals surface area (Å²) >= 11 is 0. The van der Waals surface area contributed by atoms with Crippen molar-refractivity contribution in [1.82, 2.24) is 0 Å². The molecule has 1 unspecified atom stereocenters. The van der Waals surface area contributed by atoms with Crippen LogP contribution in [0.15, 0.2) is 24.3 Å². The predicted octanol–water partition coefficient (Wildman–Crippen LogP) is 2.10. The van der Waals surface area contributed by atoms with Crippen LogP contribution in [0.1, 0.15) is 19.8 Å². The van der Waals surface area contributed by atoms with Gasteiger partial charge in [-0.25, -0.2) is 0 Å². The molecule has 1 heteroatoms. The van der Waals surface area contributed by atoms with Crippen LogP contribution in [0.2, 0.25) is 0 Å². The largest absolute Gasteiger partial charge is 0.295 e. The molecular formula is C9H12O. The number of ketones is 1. The molecule has 0 heterocycles. The highest BCUT2D eigenvalue weighted by molar-refractivity contribution is 5.90. The van der Waals surface area contributed by atoms with Gasteiger partial charge in [-0.05, 0) is 25.3 Å². The fourth-order valence-corrected chi connectivity index (χ4v) is 1.13. The second-order valence-corrected chi connectivity index (χ2v) is 2.85. The third kappa shape index (κ3) is 1.56. The molecule has 0 aliphatic heterocycles. The van der Waals surface area contributed by atoms with E-state index in [0.29, 0.717) is 12.3 Å². The molecule has 1 atom stereocenters. The Hall–Kier alpha value is -0.850. The van der Waals surface area contributed by atoms with E-state index in [-0.39, 0.29) is 5.78 Å². The second-order valence-electron chi connectivity index (χ2n) is 2.85. The molecule has 0 spiro atoms. The van der Waals surface area contributed by atoms with E-state index in [9.17, 15) is 4.79 Å². The van der Waals surface area contributed by atoms with Gasteiger partial charge < -0.3 is 0 Å². The lowest BCUT2D eigenvalue weighted by Crippen LogP contribution is -2.10. The van der Waals surface area contributed by atoms with E-state index in [4.69, 9.17) is 0 Å². The van der Waals surface area contributed by atoms with Crippen LogP contribution in [0.4, 0.5) is 0 Å². The highest BCUT2D eigenvalue weighted by Gasteiger charge is 2.14. The molecule has 0 N–H and O–H groups in total. The van der Waals surface area contributed by atoms with Gasteiger partial charge in [-0.2, -0.15) is 0 Å². The Balaban J connectivity index is 2.60. The van der Waals surface area contributed by atoms with Gasteiger partial charge in [-0.1, -0.05) is 18.2 Å². The van der Waals surface area contributed by atoms with Crippen molar-refractivity contribution in [2.45, 2.75) is 19.8 Å². The number of carbonyl (C=O) groups excluding carboxylic acids is 1. The zero-order valence-electron chi connectivity index (χ0n) is 6.26. The van der Waals surface area contributed by atoms with E-state index >= 15 is 0 Å². The first-order valence-electron chi connectivity index (χ1n) is 3.55. The van der Waals surface area contributed by atoms with Crippen LogP contribution in [-0.2, 0) is 4.79 Å². The van der Waals surface area contributed by atoms with Crippen molar-refractivity contribution in [3.05, 3.63) is 24.3 Å². The zero-order valence-corrected chi connectivity index (χ0v) is 6.26. The number of allylic oxidation sites excluding steroid dienone is 3. The quantitative estimate of drug-likeness (QED) is 0.504. The summed E-state index contributed by atoms with van der Waals surface area (Å²) in [5.74, 6) is 0.636. The van der Waals surface area contributed by atoms with Gasteiger partial charge in [0.15, 0.2) is 5.78 Å². The molecule has 0 saturated carbocycles. The van der Waals surface area contributed by atoms with Crippen LogP contribution < -0.4 is 0 Å². The van der Waals surface area contributed by atoms with Crippen LogP contribution in [0, 0.1) is 5.92 Å². The van der Waals surface area contributed by atoms with E-state index in [0.717, 1.165) is 12.0 Å².